The molecule has 0 fully saturated rings. The second kappa shape index (κ2) is 10.1. The fourth-order valence-corrected chi connectivity index (χ4v) is 1.19. The second-order valence-electron chi connectivity index (χ2n) is 4.19. The Kier molecular flexibility index (Phi) is 9.44. The molecule has 0 spiro atoms. The third-order valence-electron chi connectivity index (χ3n) is 2.19. The van der Waals surface area contributed by atoms with Crippen LogP contribution in [0.25, 0.3) is 0 Å². The van der Waals surface area contributed by atoms with E-state index in [-0.39, 0.29) is 12.6 Å². The van der Waals surface area contributed by atoms with Gasteiger partial charge in [0.2, 0.25) is 0 Å². The summed E-state index contributed by atoms with van der Waals surface area (Å²) in [7, 11) is 0. The summed E-state index contributed by atoms with van der Waals surface area (Å²) in [5.41, 5.74) is 2.58. The summed E-state index contributed by atoms with van der Waals surface area (Å²) < 4.78 is 9.93. The highest BCUT2D eigenvalue weighted by Crippen LogP contribution is 2.06. The molecule has 3 heteroatoms. The molecule has 0 aromatic carbocycles. The van der Waals surface area contributed by atoms with Gasteiger partial charge in [-0.25, -0.2) is 4.79 Å². The molecule has 0 atom stereocenters. The Bertz CT molecular complexity index is 273. The molecule has 3 nitrogen and oxygen atoms in total. The monoisotopic (exact) mass is 240 g/mol. The zero-order valence-corrected chi connectivity index (χ0v) is 11.4. The van der Waals surface area contributed by atoms with Crippen molar-refractivity contribution in [2.75, 3.05) is 19.8 Å². The summed E-state index contributed by atoms with van der Waals surface area (Å²) in [6.07, 6.45) is 6.20. The van der Waals surface area contributed by atoms with Crippen LogP contribution in [0, 0.1) is 0 Å². The fourth-order valence-electron chi connectivity index (χ4n) is 1.19. The maximum absolute atomic E-state index is 11.1. The summed E-state index contributed by atoms with van der Waals surface area (Å²) in [4.78, 5) is 11.1. The first kappa shape index (κ1) is 15.9. The number of allylic oxidation sites excluding steroid dienone is 3. The van der Waals surface area contributed by atoms with E-state index >= 15 is 0 Å². The molecule has 0 saturated heterocycles. The third kappa shape index (κ3) is 11.2. The number of rotatable bonds is 8. The highest BCUT2D eigenvalue weighted by atomic mass is 16.6. The van der Waals surface area contributed by atoms with Gasteiger partial charge in [-0.15, -0.1) is 0 Å². The van der Waals surface area contributed by atoms with Crippen LogP contribution < -0.4 is 0 Å². The van der Waals surface area contributed by atoms with Gasteiger partial charge in [0.1, 0.15) is 13.2 Å². The minimum absolute atomic E-state index is 0.0428. The summed E-state index contributed by atoms with van der Waals surface area (Å²) in [6, 6.07) is 0. The van der Waals surface area contributed by atoms with Gasteiger partial charge >= 0.3 is 5.97 Å². The molecule has 17 heavy (non-hydrogen) atoms. The molecule has 0 amide bonds. The van der Waals surface area contributed by atoms with Gasteiger partial charge < -0.3 is 9.47 Å². The van der Waals surface area contributed by atoms with E-state index in [0.29, 0.717) is 13.2 Å². The number of carbonyl (C=O) groups is 1. The molecular weight excluding hydrogens is 216 g/mol. The van der Waals surface area contributed by atoms with E-state index in [0.717, 1.165) is 12.8 Å². The van der Waals surface area contributed by atoms with Crippen LogP contribution in [-0.2, 0) is 14.3 Å². The zero-order chi connectivity index (χ0) is 13.1. The van der Waals surface area contributed by atoms with Crippen LogP contribution in [0.2, 0.25) is 0 Å². The number of esters is 1. The van der Waals surface area contributed by atoms with Gasteiger partial charge in [0.05, 0.1) is 0 Å². The maximum atomic E-state index is 11.1. The third-order valence-corrected chi connectivity index (χ3v) is 2.19. The van der Waals surface area contributed by atoms with E-state index in [1.165, 1.54) is 11.1 Å². The minimum atomic E-state index is -0.305. The van der Waals surface area contributed by atoms with Crippen molar-refractivity contribution < 1.29 is 14.3 Å². The summed E-state index contributed by atoms with van der Waals surface area (Å²) in [5, 5.41) is 0. The number of carbonyl (C=O) groups excluding carboxylic acids is 1. The van der Waals surface area contributed by atoms with E-state index < -0.39 is 0 Å². The predicted octanol–water partition coefficient (Wildman–Crippen LogP) is 3.26. The summed E-state index contributed by atoms with van der Waals surface area (Å²) in [6.45, 7) is 9.00. The maximum Gasteiger partial charge on any atom is 0.332 e. The van der Waals surface area contributed by atoms with Crippen molar-refractivity contribution in [3.8, 4) is 0 Å². The lowest BCUT2D eigenvalue weighted by atomic mass is 10.1. The topological polar surface area (TPSA) is 35.5 Å². The first-order chi connectivity index (χ1) is 8.06. The summed E-state index contributed by atoms with van der Waals surface area (Å²) >= 11 is 0. The van der Waals surface area contributed by atoms with Gasteiger partial charge in [-0.3, -0.25) is 0 Å². The molecule has 0 aliphatic rings. The molecule has 0 rings (SSSR count). The Hall–Kier alpha value is -1.09. The molecular formula is C14H24O3. The minimum Gasteiger partial charge on any atom is -0.460 e. The largest absolute Gasteiger partial charge is 0.460 e. The SMILES string of the molecule is CCOCC(=O)OC/C=C(\C)CCC=C(C)C. The van der Waals surface area contributed by atoms with Crippen molar-refractivity contribution in [3.05, 3.63) is 23.3 Å². The van der Waals surface area contributed by atoms with Crippen LogP contribution in [0.1, 0.15) is 40.5 Å². The Morgan fingerprint density at radius 2 is 1.88 bits per heavy atom. The molecule has 0 aliphatic heterocycles. The summed E-state index contributed by atoms with van der Waals surface area (Å²) in [5.74, 6) is -0.305. The van der Waals surface area contributed by atoms with Gasteiger partial charge in [0.25, 0.3) is 0 Å². The molecule has 0 aromatic heterocycles. The standard InChI is InChI=1S/C14H24O3/c1-5-16-11-14(15)17-10-9-13(4)8-6-7-12(2)3/h7,9H,5-6,8,10-11H2,1-4H3/b13-9+. The van der Waals surface area contributed by atoms with Gasteiger partial charge in [-0.05, 0) is 46.6 Å². The molecule has 98 valence electrons. The average molecular weight is 240 g/mol. The Morgan fingerprint density at radius 1 is 1.18 bits per heavy atom. The Balaban J connectivity index is 3.69. The van der Waals surface area contributed by atoms with Gasteiger partial charge in [0.15, 0.2) is 0 Å². The molecule has 0 saturated carbocycles. The van der Waals surface area contributed by atoms with Crippen molar-refractivity contribution in [2.45, 2.75) is 40.5 Å². The van der Waals surface area contributed by atoms with Crippen LogP contribution in [0.15, 0.2) is 23.3 Å². The van der Waals surface area contributed by atoms with E-state index in [4.69, 9.17) is 9.47 Å². The van der Waals surface area contributed by atoms with Crippen molar-refractivity contribution in [3.63, 3.8) is 0 Å². The van der Waals surface area contributed by atoms with Crippen LogP contribution in [0.4, 0.5) is 0 Å². The lowest BCUT2D eigenvalue weighted by Gasteiger charge is -2.03. The van der Waals surface area contributed by atoms with Crippen LogP contribution in [-0.4, -0.2) is 25.8 Å². The predicted molar refractivity (Wildman–Crippen MR) is 69.9 cm³/mol. The molecule has 0 aliphatic carbocycles. The van der Waals surface area contributed by atoms with Crippen molar-refractivity contribution in [2.24, 2.45) is 0 Å². The molecule has 0 heterocycles. The first-order valence-electron chi connectivity index (χ1n) is 6.08. The van der Waals surface area contributed by atoms with Crippen LogP contribution in [0.3, 0.4) is 0 Å². The van der Waals surface area contributed by atoms with Crippen molar-refractivity contribution >= 4 is 5.97 Å². The highest BCUT2D eigenvalue weighted by molar-refractivity contribution is 5.70. The highest BCUT2D eigenvalue weighted by Gasteiger charge is 2.00. The smallest absolute Gasteiger partial charge is 0.332 e. The Labute approximate surface area is 104 Å². The molecule has 0 unspecified atom stereocenters. The van der Waals surface area contributed by atoms with Crippen LogP contribution in [0.5, 0.6) is 0 Å². The number of hydrogen-bond donors (Lipinski definition) is 0. The van der Waals surface area contributed by atoms with Gasteiger partial charge in [0, 0.05) is 6.61 Å². The molecule has 0 aromatic rings. The molecule has 0 bridgehead atoms. The van der Waals surface area contributed by atoms with Gasteiger partial charge in [-0.2, -0.15) is 0 Å². The lowest BCUT2D eigenvalue weighted by Crippen LogP contribution is -2.12. The molecule has 0 radical (unpaired) electrons. The van der Waals surface area contributed by atoms with E-state index in [1.54, 1.807) is 0 Å². The van der Waals surface area contributed by atoms with Crippen molar-refractivity contribution in [1.29, 1.82) is 0 Å². The van der Waals surface area contributed by atoms with Crippen LogP contribution >= 0.6 is 0 Å². The molecule has 0 N–H and O–H groups in total. The zero-order valence-electron chi connectivity index (χ0n) is 11.4. The fraction of sp³-hybridized carbons (Fsp3) is 0.643. The van der Waals surface area contributed by atoms with E-state index in [1.807, 2.05) is 13.0 Å². The number of ether oxygens (including phenoxy) is 2. The first-order valence-corrected chi connectivity index (χ1v) is 6.08. The second-order valence-corrected chi connectivity index (χ2v) is 4.19. The number of hydrogen-bond acceptors (Lipinski definition) is 3. The lowest BCUT2D eigenvalue weighted by molar-refractivity contribution is -0.147. The van der Waals surface area contributed by atoms with E-state index in [2.05, 4.69) is 26.8 Å². The van der Waals surface area contributed by atoms with E-state index in [9.17, 15) is 4.79 Å². The quantitative estimate of drug-likeness (QED) is 0.482. The van der Waals surface area contributed by atoms with Crippen molar-refractivity contribution in [1.82, 2.24) is 0 Å². The Morgan fingerprint density at radius 3 is 2.47 bits per heavy atom. The van der Waals surface area contributed by atoms with Gasteiger partial charge in [-0.1, -0.05) is 17.2 Å². The normalized spacial score (nSPS) is 11.2. The average Bonchev–Trinajstić information content (AvgIpc) is 2.25.